The Kier molecular flexibility index (Phi) is 7.93. The zero-order valence-corrected chi connectivity index (χ0v) is 20.4. The predicted octanol–water partition coefficient (Wildman–Crippen LogP) is 1.59. The third-order valence-corrected chi connectivity index (χ3v) is 10.2. The minimum absolute atomic E-state index is 0.161. The van der Waals surface area contributed by atoms with Crippen molar-refractivity contribution in [3.05, 3.63) is 41.8 Å². The van der Waals surface area contributed by atoms with Crippen molar-refractivity contribution in [3.63, 3.8) is 0 Å². The predicted molar refractivity (Wildman–Crippen MR) is 122 cm³/mol. The number of carbonyl (C=O) groups excluding carboxylic acids is 1. The van der Waals surface area contributed by atoms with Gasteiger partial charge in [-0.1, -0.05) is 6.07 Å². The van der Waals surface area contributed by atoms with Gasteiger partial charge in [0.15, 0.2) is 0 Å². The van der Waals surface area contributed by atoms with Crippen LogP contribution in [0, 0.1) is 5.92 Å². The van der Waals surface area contributed by atoms with Crippen molar-refractivity contribution in [1.82, 2.24) is 13.9 Å². The molecule has 1 unspecified atom stereocenters. The first-order chi connectivity index (χ1) is 15.1. The smallest absolute Gasteiger partial charge is 0.252 e. The van der Waals surface area contributed by atoms with Crippen molar-refractivity contribution in [2.45, 2.75) is 21.9 Å². The van der Waals surface area contributed by atoms with Gasteiger partial charge in [0.05, 0.1) is 17.4 Å². The van der Waals surface area contributed by atoms with E-state index in [0.29, 0.717) is 25.1 Å². The summed E-state index contributed by atoms with van der Waals surface area (Å²) in [6.07, 6.45) is 1.26. The molecule has 1 amide bonds. The van der Waals surface area contributed by atoms with E-state index in [1.54, 1.807) is 29.6 Å². The number of benzene rings is 1. The van der Waals surface area contributed by atoms with Crippen molar-refractivity contribution in [2.24, 2.45) is 5.92 Å². The number of hydrogen-bond acceptors (Lipinski definition) is 7. The average Bonchev–Trinajstić information content (AvgIpc) is 3.33. The summed E-state index contributed by atoms with van der Waals surface area (Å²) < 4.78 is 57.9. The summed E-state index contributed by atoms with van der Waals surface area (Å²) in [4.78, 5) is 12.7. The Labute approximate surface area is 193 Å². The molecule has 2 heterocycles. The molecule has 12 heteroatoms. The van der Waals surface area contributed by atoms with E-state index in [2.05, 4.69) is 5.32 Å². The average molecular weight is 502 g/mol. The van der Waals surface area contributed by atoms with E-state index in [9.17, 15) is 21.6 Å². The zero-order chi connectivity index (χ0) is 23.4. The number of ether oxygens (including phenoxy) is 1. The normalized spacial score (nSPS) is 17.9. The van der Waals surface area contributed by atoms with Gasteiger partial charge in [0.25, 0.3) is 10.0 Å². The zero-order valence-electron chi connectivity index (χ0n) is 17.9. The standard InChI is InChI=1S/C20H27N3O6S3/c1-22(2)31(25,26)18-9-7-17(8-10-18)29-13-11-21-20(24)16-5-3-12-23(15-16)32(27,28)19-6-4-14-30-19/h4,6-10,14,16H,3,5,11-13,15H2,1-2H3,(H,21,24). The highest BCUT2D eigenvalue weighted by Crippen LogP contribution is 2.26. The molecule has 0 radical (unpaired) electrons. The van der Waals surface area contributed by atoms with Gasteiger partial charge in [-0.2, -0.15) is 4.31 Å². The second kappa shape index (κ2) is 10.3. The van der Waals surface area contributed by atoms with Crippen molar-refractivity contribution in [1.29, 1.82) is 0 Å². The molecule has 176 valence electrons. The number of nitrogens with zero attached hydrogens (tertiary/aromatic N) is 2. The molecule has 1 fully saturated rings. The minimum Gasteiger partial charge on any atom is -0.492 e. The molecule has 1 atom stereocenters. The molecule has 3 rings (SSSR count). The summed E-state index contributed by atoms with van der Waals surface area (Å²) in [5, 5.41) is 4.51. The van der Waals surface area contributed by atoms with E-state index >= 15 is 0 Å². The van der Waals surface area contributed by atoms with E-state index in [-0.39, 0.29) is 34.7 Å². The minimum atomic E-state index is -3.56. The molecule has 1 N–H and O–H groups in total. The molecule has 0 aliphatic carbocycles. The van der Waals surface area contributed by atoms with E-state index in [1.165, 1.54) is 41.9 Å². The molecule has 2 aromatic rings. The molecule has 1 aromatic heterocycles. The molecular weight excluding hydrogens is 474 g/mol. The first-order valence-corrected chi connectivity index (χ1v) is 13.8. The van der Waals surface area contributed by atoms with Crippen LogP contribution in [0.1, 0.15) is 12.8 Å². The Bertz CT molecular complexity index is 1110. The lowest BCUT2D eigenvalue weighted by Gasteiger charge is -2.30. The van der Waals surface area contributed by atoms with Crippen LogP contribution in [-0.2, 0) is 24.8 Å². The van der Waals surface area contributed by atoms with Crippen molar-refractivity contribution < 1.29 is 26.4 Å². The first kappa shape index (κ1) is 24.6. The molecule has 0 spiro atoms. The monoisotopic (exact) mass is 501 g/mol. The molecule has 1 saturated heterocycles. The molecular formula is C20H27N3O6S3. The van der Waals surface area contributed by atoms with E-state index in [1.807, 2.05) is 0 Å². The van der Waals surface area contributed by atoms with Gasteiger partial charge in [-0.05, 0) is 48.6 Å². The Hall–Kier alpha value is -1.99. The van der Waals surface area contributed by atoms with Crippen LogP contribution < -0.4 is 10.1 Å². The lowest BCUT2D eigenvalue weighted by Crippen LogP contribution is -2.45. The van der Waals surface area contributed by atoms with Gasteiger partial charge in [0.1, 0.15) is 16.6 Å². The molecule has 0 bridgehead atoms. The third kappa shape index (κ3) is 5.67. The fourth-order valence-corrected chi connectivity index (χ4v) is 6.89. The number of sulfonamides is 2. The van der Waals surface area contributed by atoms with Gasteiger partial charge in [-0.25, -0.2) is 21.1 Å². The second-order valence-electron chi connectivity index (χ2n) is 7.53. The summed E-state index contributed by atoms with van der Waals surface area (Å²) in [5.74, 6) is -0.121. The van der Waals surface area contributed by atoms with Crippen LogP contribution in [0.4, 0.5) is 0 Å². The number of carbonyl (C=O) groups is 1. The number of nitrogens with one attached hydrogen (secondary N) is 1. The summed E-state index contributed by atoms with van der Waals surface area (Å²) in [6.45, 7) is 1.03. The summed E-state index contributed by atoms with van der Waals surface area (Å²) in [5.41, 5.74) is 0. The van der Waals surface area contributed by atoms with Gasteiger partial charge >= 0.3 is 0 Å². The summed E-state index contributed by atoms with van der Waals surface area (Å²) in [7, 11) is -4.13. The molecule has 1 aromatic carbocycles. The first-order valence-electron chi connectivity index (χ1n) is 10.1. The fraction of sp³-hybridized carbons (Fsp3) is 0.450. The topological polar surface area (TPSA) is 113 Å². The number of piperidine rings is 1. The fourth-order valence-electron chi connectivity index (χ4n) is 3.32. The number of rotatable bonds is 9. The maximum absolute atomic E-state index is 12.7. The highest BCUT2D eigenvalue weighted by Gasteiger charge is 2.33. The van der Waals surface area contributed by atoms with Gasteiger partial charge in [0.2, 0.25) is 15.9 Å². The Morgan fingerprint density at radius 2 is 1.91 bits per heavy atom. The number of amides is 1. The highest BCUT2D eigenvalue weighted by atomic mass is 32.2. The molecule has 1 aliphatic heterocycles. The number of hydrogen-bond donors (Lipinski definition) is 1. The van der Waals surface area contributed by atoms with Crippen LogP contribution in [0.5, 0.6) is 5.75 Å². The lowest BCUT2D eigenvalue weighted by atomic mass is 9.99. The van der Waals surface area contributed by atoms with Crippen LogP contribution in [-0.4, -0.2) is 71.7 Å². The van der Waals surface area contributed by atoms with Crippen LogP contribution in [0.25, 0.3) is 0 Å². The third-order valence-electron chi connectivity index (χ3n) is 5.12. The summed E-state index contributed by atoms with van der Waals surface area (Å²) >= 11 is 1.17. The Balaban J connectivity index is 1.47. The van der Waals surface area contributed by atoms with Crippen molar-refractivity contribution >= 4 is 37.3 Å². The van der Waals surface area contributed by atoms with Crippen LogP contribution in [0.2, 0.25) is 0 Å². The lowest BCUT2D eigenvalue weighted by molar-refractivity contribution is -0.126. The van der Waals surface area contributed by atoms with E-state index < -0.39 is 26.0 Å². The van der Waals surface area contributed by atoms with Crippen LogP contribution >= 0.6 is 11.3 Å². The van der Waals surface area contributed by atoms with E-state index in [4.69, 9.17) is 4.74 Å². The van der Waals surface area contributed by atoms with Crippen molar-refractivity contribution in [2.75, 3.05) is 40.3 Å². The maximum atomic E-state index is 12.7. The molecule has 9 nitrogen and oxygen atoms in total. The van der Waals surface area contributed by atoms with Gasteiger partial charge in [-0.3, -0.25) is 4.79 Å². The second-order valence-corrected chi connectivity index (χ2v) is 12.8. The quantitative estimate of drug-likeness (QED) is 0.522. The Morgan fingerprint density at radius 3 is 2.53 bits per heavy atom. The van der Waals surface area contributed by atoms with Crippen molar-refractivity contribution in [3.8, 4) is 5.75 Å². The molecule has 32 heavy (non-hydrogen) atoms. The summed E-state index contributed by atoms with van der Waals surface area (Å²) in [6, 6.07) is 9.32. The van der Waals surface area contributed by atoms with Crippen LogP contribution in [0.15, 0.2) is 50.9 Å². The van der Waals surface area contributed by atoms with Crippen LogP contribution in [0.3, 0.4) is 0 Å². The number of thiophene rings is 1. The highest BCUT2D eigenvalue weighted by molar-refractivity contribution is 7.91. The largest absolute Gasteiger partial charge is 0.492 e. The Morgan fingerprint density at radius 1 is 1.19 bits per heavy atom. The molecule has 0 saturated carbocycles. The van der Waals surface area contributed by atoms with E-state index in [0.717, 1.165) is 4.31 Å². The SMILES string of the molecule is CN(C)S(=O)(=O)c1ccc(OCCNC(=O)C2CCCN(S(=O)(=O)c3cccs3)C2)cc1. The van der Waals surface area contributed by atoms with Gasteiger partial charge in [0, 0.05) is 27.2 Å². The van der Waals surface area contributed by atoms with Gasteiger partial charge < -0.3 is 10.1 Å². The maximum Gasteiger partial charge on any atom is 0.252 e. The molecule has 1 aliphatic rings. The van der Waals surface area contributed by atoms with Gasteiger partial charge in [-0.15, -0.1) is 11.3 Å².